The van der Waals surface area contributed by atoms with E-state index in [1.54, 1.807) is 28.8 Å². The number of fused-ring (bicyclic) bond motifs is 1. The van der Waals surface area contributed by atoms with Crippen LogP contribution < -0.4 is 15.6 Å². The maximum Gasteiger partial charge on any atom is 0.413 e. The van der Waals surface area contributed by atoms with Crippen LogP contribution in [0.15, 0.2) is 83.7 Å². The molecular formula is C36H42FN5O4. The quantitative estimate of drug-likeness (QED) is 0.270. The highest BCUT2D eigenvalue weighted by molar-refractivity contribution is 5.91. The van der Waals surface area contributed by atoms with Gasteiger partial charge in [0.15, 0.2) is 5.75 Å². The van der Waals surface area contributed by atoms with Gasteiger partial charge in [0.2, 0.25) is 0 Å². The minimum Gasteiger partial charge on any atom is -0.408 e. The molecule has 6 rings (SSSR count). The Labute approximate surface area is 269 Å². The van der Waals surface area contributed by atoms with Gasteiger partial charge in [-0.3, -0.25) is 24.1 Å². The van der Waals surface area contributed by atoms with Crippen molar-refractivity contribution >= 4 is 16.9 Å². The molecule has 1 amide bonds. The molecule has 2 aliphatic rings. The molecule has 0 bridgehead atoms. The standard InChI is InChI=1S/C36H42FN5O4/c1-2-32(27-8-4-3-5-9-27)38-36(44)46-34-30-10-6-7-11-31(30)35(43)42(29-14-12-28(37)13-15-29)33(34)26-41-20-18-39(19-21-41)16-17-40-22-24-45-25-23-40/h3-15,32H,2,16-26H2,1H3,(H,38,44)/t32-/m0/s1. The zero-order valence-electron chi connectivity index (χ0n) is 26.4. The molecule has 10 heteroatoms. The lowest BCUT2D eigenvalue weighted by molar-refractivity contribution is 0.0296. The normalized spacial score (nSPS) is 17.2. The fourth-order valence-corrected chi connectivity index (χ4v) is 6.35. The van der Waals surface area contributed by atoms with Crippen LogP contribution in [0.5, 0.6) is 5.75 Å². The average molecular weight is 628 g/mol. The molecule has 2 saturated heterocycles. The van der Waals surface area contributed by atoms with E-state index in [4.69, 9.17) is 9.47 Å². The van der Waals surface area contributed by atoms with Gasteiger partial charge in [-0.15, -0.1) is 0 Å². The van der Waals surface area contributed by atoms with Crippen molar-refractivity contribution in [2.45, 2.75) is 25.9 Å². The summed E-state index contributed by atoms with van der Waals surface area (Å²) in [5, 5.41) is 4.01. The molecule has 1 aromatic heterocycles. The summed E-state index contributed by atoms with van der Waals surface area (Å²) in [5.74, 6) is -0.0654. The molecule has 0 unspecified atom stereocenters. The second-order valence-corrected chi connectivity index (χ2v) is 11.9. The third-order valence-electron chi connectivity index (χ3n) is 8.99. The Morgan fingerprint density at radius 1 is 0.826 bits per heavy atom. The van der Waals surface area contributed by atoms with E-state index in [1.165, 1.54) is 12.1 Å². The van der Waals surface area contributed by atoms with E-state index in [0.717, 1.165) is 71.1 Å². The van der Waals surface area contributed by atoms with Gasteiger partial charge in [0.1, 0.15) is 5.82 Å². The van der Waals surface area contributed by atoms with Crippen LogP contribution in [0.3, 0.4) is 0 Å². The van der Waals surface area contributed by atoms with Crippen molar-refractivity contribution in [3.63, 3.8) is 0 Å². The van der Waals surface area contributed by atoms with Crippen molar-refractivity contribution in [3.8, 4) is 11.4 Å². The molecule has 2 aliphatic heterocycles. The number of carbonyl (C=O) groups is 1. The first kappa shape index (κ1) is 31.9. The van der Waals surface area contributed by atoms with E-state index >= 15 is 0 Å². The lowest BCUT2D eigenvalue weighted by Crippen LogP contribution is -2.49. The smallest absolute Gasteiger partial charge is 0.408 e. The fourth-order valence-electron chi connectivity index (χ4n) is 6.35. The number of amides is 1. The Morgan fingerprint density at radius 2 is 1.43 bits per heavy atom. The molecule has 2 fully saturated rings. The summed E-state index contributed by atoms with van der Waals surface area (Å²) in [6.07, 6.45) is 0.0804. The maximum absolute atomic E-state index is 14.1. The van der Waals surface area contributed by atoms with E-state index in [9.17, 15) is 14.0 Å². The highest BCUT2D eigenvalue weighted by atomic mass is 19.1. The van der Waals surface area contributed by atoms with Gasteiger partial charge in [-0.05, 0) is 42.3 Å². The Balaban J connectivity index is 1.30. The second-order valence-electron chi connectivity index (χ2n) is 11.9. The Morgan fingerprint density at radius 3 is 2.11 bits per heavy atom. The summed E-state index contributed by atoms with van der Waals surface area (Å²) in [7, 11) is 0. The molecule has 1 N–H and O–H groups in total. The predicted octanol–water partition coefficient (Wildman–Crippen LogP) is 4.82. The Hall–Kier alpha value is -4.09. The van der Waals surface area contributed by atoms with Crippen molar-refractivity contribution in [1.29, 1.82) is 0 Å². The summed E-state index contributed by atoms with van der Waals surface area (Å²) in [4.78, 5) is 34.9. The van der Waals surface area contributed by atoms with Crippen LogP contribution >= 0.6 is 0 Å². The number of morpholine rings is 1. The van der Waals surface area contributed by atoms with Crippen LogP contribution in [0, 0.1) is 5.82 Å². The van der Waals surface area contributed by atoms with Gasteiger partial charge in [-0.2, -0.15) is 0 Å². The number of halogens is 1. The van der Waals surface area contributed by atoms with Gasteiger partial charge >= 0.3 is 6.09 Å². The van der Waals surface area contributed by atoms with E-state index < -0.39 is 11.9 Å². The zero-order valence-corrected chi connectivity index (χ0v) is 26.4. The van der Waals surface area contributed by atoms with Crippen molar-refractivity contribution in [2.75, 3.05) is 65.6 Å². The van der Waals surface area contributed by atoms with E-state index in [1.807, 2.05) is 49.4 Å². The average Bonchev–Trinajstić information content (AvgIpc) is 3.10. The Bertz CT molecular complexity index is 1670. The van der Waals surface area contributed by atoms with Crippen LogP contribution in [0.4, 0.5) is 9.18 Å². The number of carbonyl (C=O) groups excluding carboxylic acids is 1. The number of rotatable bonds is 10. The maximum atomic E-state index is 14.1. The van der Waals surface area contributed by atoms with E-state index in [0.29, 0.717) is 40.9 Å². The number of aromatic nitrogens is 1. The molecule has 0 radical (unpaired) electrons. The molecule has 4 aromatic rings. The lowest BCUT2D eigenvalue weighted by atomic mass is 10.1. The van der Waals surface area contributed by atoms with Gasteiger partial charge in [-0.25, -0.2) is 9.18 Å². The number of ether oxygens (including phenoxy) is 2. The second kappa shape index (κ2) is 15.0. The molecule has 242 valence electrons. The summed E-state index contributed by atoms with van der Waals surface area (Å²) in [6.45, 7) is 11.3. The van der Waals surface area contributed by atoms with E-state index in [2.05, 4.69) is 20.0 Å². The molecule has 0 spiro atoms. The third kappa shape index (κ3) is 7.47. The minimum absolute atomic E-state index is 0.239. The number of hydrogen-bond acceptors (Lipinski definition) is 7. The van der Waals surface area contributed by atoms with Crippen molar-refractivity contribution in [3.05, 3.63) is 106 Å². The van der Waals surface area contributed by atoms with Crippen molar-refractivity contribution < 1.29 is 18.7 Å². The zero-order chi connectivity index (χ0) is 31.9. The molecule has 9 nitrogen and oxygen atoms in total. The van der Waals surface area contributed by atoms with Crippen molar-refractivity contribution in [1.82, 2.24) is 24.6 Å². The summed E-state index contributed by atoms with van der Waals surface area (Å²) >= 11 is 0. The molecular weight excluding hydrogens is 585 g/mol. The lowest BCUT2D eigenvalue weighted by Gasteiger charge is -2.37. The first-order valence-electron chi connectivity index (χ1n) is 16.2. The van der Waals surface area contributed by atoms with Gasteiger partial charge in [0.05, 0.1) is 30.3 Å². The highest BCUT2D eigenvalue weighted by Gasteiger charge is 2.26. The number of nitrogens with zero attached hydrogens (tertiary/aromatic N) is 4. The van der Waals surface area contributed by atoms with Crippen molar-refractivity contribution in [2.24, 2.45) is 0 Å². The van der Waals surface area contributed by atoms with E-state index in [-0.39, 0.29) is 11.6 Å². The van der Waals surface area contributed by atoms with Gasteiger partial charge in [-0.1, -0.05) is 55.5 Å². The van der Waals surface area contributed by atoms with Crippen LogP contribution in [0.2, 0.25) is 0 Å². The third-order valence-corrected chi connectivity index (χ3v) is 8.99. The van der Waals surface area contributed by atoms with Crippen LogP contribution in [-0.4, -0.2) is 90.9 Å². The molecule has 0 saturated carbocycles. The van der Waals surface area contributed by atoms with Crippen LogP contribution in [-0.2, 0) is 11.3 Å². The van der Waals surface area contributed by atoms with Gasteiger partial charge in [0, 0.05) is 70.0 Å². The van der Waals surface area contributed by atoms with Gasteiger partial charge in [0.25, 0.3) is 5.56 Å². The molecule has 3 aromatic carbocycles. The summed E-state index contributed by atoms with van der Waals surface area (Å²) in [5.41, 5.74) is 1.80. The van der Waals surface area contributed by atoms with Gasteiger partial charge < -0.3 is 14.8 Å². The molecule has 1 atom stereocenters. The fraction of sp³-hybridized carbons (Fsp3) is 0.389. The Kier molecular flexibility index (Phi) is 10.4. The van der Waals surface area contributed by atoms with Crippen LogP contribution in [0.1, 0.15) is 30.6 Å². The topological polar surface area (TPSA) is 79.3 Å². The summed E-state index contributed by atoms with van der Waals surface area (Å²) in [6, 6.07) is 22.6. The number of benzene rings is 3. The molecule has 46 heavy (non-hydrogen) atoms. The SMILES string of the molecule is CC[C@H](NC(=O)Oc1c(CN2CCN(CCN3CCOCC3)CC2)n(-c2ccc(F)cc2)c(=O)c2ccccc12)c1ccccc1. The predicted molar refractivity (Wildman–Crippen MR) is 177 cm³/mol. The highest BCUT2D eigenvalue weighted by Crippen LogP contribution is 2.31. The molecule has 0 aliphatic carbocycles. The number of pyridine rings is 1. The first-order chi connectivity index (χ1) is 22.5. The number of nitrogens with one attached hydrogen (secondary N) is 1. The number of hydrogen-bond donors (Lipinski definition) is 1. The minimum atomic E-state index is -0.598. The monoisotopic (exact) mass is 627 g/mol. The largest absolute Gasteiger partial charge is 0.413 e. The number of piperazine rings is 1. The summed E-state index contributed by atoms with van der Waals surface area (Å²) < 4.78 is 27.2. The molecule has 3 heterocycles. The first-order valence-corrected chi connectivity index (χ1v) is 16.2. The van der Waals surface area contributed by atoms with Crippen LogP contribution in [0.25, 0.3) is 16.5 Å².